The molecule has 0 saturated carbocycles. The lowest BCUT2D eigenvalue weighted by molar-refractivity contribution is -0.148. The van der Waals surface area contributed by atoms with E-state index in [1.807, 2.05) is 0 Å². The van der Waals surface area contributed by atoms with Crippen LogP contribution in [-0.4, -0.2) is 87.5 Å². The molecular weight excluding hydrogens is 496 g/mol. The van der Waals surface area contributed by atoms with E-state index in [2.05, 4.69) is 17.2 Å². The lowest BCUT2D eigenvalue weighted by atomic mass is 9.58. The van der Waals surface area contributed by atoms with Crippen molar-refractivity contribution in [2.45, 2.75) is 24.5 Å². The van der Waals surface area contributed by atoms with Crippen molar-refractivity contribution < 1.29 is 39.6 Å². The van der Waals surface area contributed by atoms with Crippen LogP contribution in [0.2, 0.25) is 0 Å². The second-order valence-electron chi connectivity index (χ2n) is 9.91. The predicted molar refractivity (Wildman–Crippen MR) is 135 cm³/mol. The van der Waals surface area contributed by atoms with Gasteiger partial charge in [-0.05, 0) is 44.5 Å². The normalized spacial score (nSPS) is 26.5. The highest BCUT2D eigenvalue weighted by Gasteiger charge is 2.63. The molecule has 3 aliphatic carbocycles. The summed E-state index contributed by atoms with van der Waals surface area (Å²) in [6.07, 6.45) is 1.70. The summed E-state index contributed by atoms with van der Waals surface area (Å²) in [7, 11) is 3.13. The predicted octanol–water partition coefficient (Wildman–Crippen LogP) is -0.165. The van der Waals surface area contributed by atoms with Gasteiger partial charge in [0, 0.05) is 18.0 Å². The minimum absolute atomic E-state index is 0.00992. The number of hydrogen-bond donors (Lipinski definition) is 7. The summed E-state index contributed by atoms with van der Waals surface area (Å²) in [6, 6.07) is 2.09. The summed E-state index contributed by atoms with van der Waals surface area (Å²) >= 11 is 0. The maximum absolute atomic E-state index is 13.7. The number of phenolic OH excluding ortho intramolecular Hbond substituents is 1. The van der Waals surface area contributed by atoms with E-state index in [0.717, 1.165) is 0 Å². The molecule has 3 aliphatic rings. The monoisotopic (exact) mass is 526 g/mol. The number of carbonyl (C=O) groups excluding carboxylic acids is 4. The molecule has 1 aromatic rings. The first-order chi connectivity index (χ1) is 17.9. The number of hydrogen-bond acceptors (Lipinski definition) is 10. The van der Waals surface area contributed by atoms with E-state index in [1.165, 1.54) is 17.0 Å². The van der Waals surface area contributed by atoms with Gasteiger partial charge in [-0.1, -0.05) is 12.1 Å². The number of aromatic hydroxyl groups is 1. The lowest BCUT2D eigenvalue weighted by Gasteiger charge is -2.50. The second kappa shape index (κ2) is 9.62. The van der Waals surface area contributed by atoms with Crippen LogP contribution in [-0.2, 0) is 20.8 Å². The molecule has 8 N–H and O–H groups in total. The van der Waals surface area contributed by atoms with Crippen molar-refractivity contribution >= 4 is 29.1 Å². The van der Waals surface area contributed by atoms with Gasteiger partial charge < -0.3 is 36.8 Å². The molecule has 2 amide bonds. The third-order valence-corrected chi connectivity index (χ3v) is 7.48. The number of nitrogens with one attached hydrogen (secondary N) is 2. The summed E-state index contributed by atoms with van der Waals surface area (Å²) < 4.78 is 0. The molecule has 12 nitrogen and oxygen atoms in total. The van der Waals surface area contributed by atoms with Gasteiger partial charge in [-0.25, -0.2) is 0 Å². The minimum atomic E-state index is -2.70. The molecular formula is C26H30N4O8. The Kier molecular flexibility index (Phi) is 6.80. The van der Waals surface area contributed by atoms with Gasteiger partial charge in [-0.3, -0.25) is 24.1 Å². The molecule has 202 valence electrons. The number of amides is 2. The maximum Gasteiger partial charge on any atom is 0.255 e. The fraction of sp³-hybridized carbons (Fsp3) is 0.385. The zero-order chi connectivity index (χ0) is 28.1. The Hall–Kier alpha value is -4.16. The van der Waals surface area contributed by atoms with Crippen molar-refractivity contribution in [2.24, 2.45) is 17.6 Å². The Labute approximate surface area is 218 Å². The molecule has 4 rings (SSSR count). The molecule has 0 aliphatic heterocycles. The van der Waals surface area contributed by atoms with Crippen molar-refractivity contribution in [3.05, 3.63) is 58.6 Å². The van der Waals surface area contributed by atoms with Crippen LogP contribution in [0.25, 0.3) is 0 Å². The fourth-order valence-corrected chi connectivity index (χ4v) is 5.79. The number of Topliss-reactive ketones (excluding diaryl/α,β-unsaturated/α-hetero) is 2. The highest BCUT2D eigenvalue weighted by Crippen LogP contribution is 2.52. The molecule has 0 saturated heterocycles. The number of allylic oxidation sites excluding steroid dienone is 1. The first-order valence-electron chi connectivity index (χ1n) is 12.0. The van der Waals surface area contributed by atoms with E-state index in [-0.39, 0.29) is 48.7 Å². The topological polar surface area (TPSA) is 203 Å². The van der Waals surface area contributed by atoms with Crippen molar-refractivity contribution in [3.8, 4) is 5.75 Å². The molecule has 0 bridgehead atoms. The smallest absolute Gasteiger partial charge is 0.255 e. The number of primary amides is 1. The summed E-state index contributed by atoms with van der Waals surface area (Å²) in [4.78, 5) is 52.4. The van der Waals surface area contributed by atoms with Crippen LogP contribution in [0.4, 0.5) is 5.69 Å². The lowest BCUT2D eigenvalue weighted by Crippen LogP contribution is -2.63. The largest absolute Gasteiger partial charge is 0.510 e. The number of anilines is 1. The zero-order valence-electron chi connectivity index (χ0n) is 20.9. The van der Waals surface area contributed by atoms with Crippen molar-refractivity contribution in [3.63, 3.8) is 0 Å². The average molecular weight is 527 g/mol. The third kappa shape index (κ3) is 3.92. The molecule has 12 heteroatoms. The number of ketones is 2. The first kappa shape index (κ1) is 26.9. The molecule has 0 radical (unpaired) electrons. The summed E-state index contributed by atoms with van der Waals surface area (Å²) in [6.45, 7) is 3.57. The molecule has 0 spiro atoms. The first-order valence-corrected chi connectivity index (χ1v) is 12.0. The molecule has 0 heterocycles. The number of carbonyl (C=O) groups is 4. The van der Waals surface area contributed by atoms with Crippen LogP contribution < -0.4 is 16.4 Å². The van der Waals surface area contributed by atoms with Crippen LogP contribution in [0.1, 0.15) is 22.3 Å². The number of benzene rings is 1. The van der Waals surface area contributed by atoms with Crippen LogP contribution in [0, 0.1) is 11.8 Å². The molecule has 1 aromatic carbocycles. The zero-order valence-corrected chi connectivity index (χ0v) is 20.9. The number of aliphatic hydroxyl groups is 3. The number of nitrogens with two attached hydrogens (primary N) is 1. The van der Waals surface area contributed by atoms with Crippen LogP contribution in [0.15, 0.2) is 47.5 Å². The third-order valence-electron chi connectivity index (χ3n) is 7.48. The van der Waals surface area contributed by atoms with Crippen molar-refractivity contribution in [1.29, 1.82) is 0 Å². The minimum Gasteiger partial charge on any atom is -0.510 e. The summed E-state index contributed by atoms with van der Waals surface area (Å²) in [5.41, 5.74) is 1.96. The second-order valence-corrected chi connectivity index (χ2v) is 9.91. The van der Waals surface area contributed by atoms with Gasteiger partial charge in [0.15, 0.2) is 11.4 Å². The molecule has 0 aromatic heterocycles. The number of phenols is 1. The molecule has 3 unspecified atom stereocenters. The number of likely N-dealkylation sites (N-methyl/N-ethyl adjacent to an activating group) is 1. The van der Waals surface area contributed by atoms with Crippen LogP contribution in [0.3, 0.4) is 0 Å². The van der Waals surface area contributed by atoms with Crippen molar-refractivity contribution in [2.75, 3.05) is 32.5 Å². The van der Waals surface area contributed by atoms with E-state index >= 15 is 0 Å². The SMILES string of the molecule is C=CCNC(=O)CNc1ccc2c(c1O)C(=O)C1=C(O)C3(O)C(=O)C(C(N)=O)=C(O)[C@@H](N(C)C)C3CC1C2. The number of aliphatic hydroxyl groups excluding tert-OH is 2. The average Bonchev–Trinajstić information content (AvgIpc) is 2.84. The molecule has 4 atom stereocenters. The molecule has 0 fully saturated rings. The van der Waals surface area contributed by atoms with E-state index in [4.69, 9.17) is 5.73 Å². The fourth-order valence-electron chi connectivity index (χ4n) is 5.79. The van der Waals surface area contributed by atoms with Gasteiger partial charge in [0.2, 0.25) is 11.7 Å². The van der Waals surface area contributed by atoms with Gasteiger partial charge in [-0.15, -0.1) is 6.58 Å². The summed E-state index contributed by atoms with van der Waals surface area (Å²) in [5, 5.41) is 49.9. The van der Waals surface area contributed by atoms with E-state index in [9.17, 15) is 39.6 Å². The van der Waals surface area contributed by atoms with E-state index in [0.29, 0.717) is 5.56 Å². The van der Waals surface area contributed by atoms with E-state index in [1.54, 1.807) is 20.2 Å². The standard InChI is InChI=1S/C26H30N4O8/c1-4-7-28-15(31)10-29-14-6-5-11-8-12-9-13-19(30(2)3)22(34)18(25(27)37)24(36)26(13,38)23(35)17(12)21(33)16(11)20(14)32/h4-6,12-13,19,29,32,34-35,38H,1,7-10H2,2-3H3,(H2,27,37)(H,28,31)/t12?,13?,19-,26?/m0/s1. The number of fused-ring (bicyclic) bond motifs is 3. The molecule has 38 heavy (non-hydrogen) atoms. The van der Waals surface area contributed by atoms with E-state index < -0.39 is 63.8 Å². The Bertz CT molecular complexity index is 1330. The van der Waals surface area contributed by atoms with Gasteiger partial charge in [0.05, 0.1) is 23.8 Å². The van der Waals surface area contributed by atoms with Crippen LogP contribution >= 0.6 is 0 Å². The number of nitrogens with zero attached hydrogens (tertiary/aromatic N) is 1. The Morgan fingerprint density at radius 1 is 1.24 bits per heavy atom. The van der Waals surface area contributed by atoms with Crippen LogP contribution in [0.5, 0.6) is 5.75 Å². The van der Waals surface area contributed by atoms with Gasteiger partial charge >= 0.3 is 0 Å². The Balaban J connectivity index is 1.78. The quantitative estimate of drug-likeness (QED) is 0.142. The van der Waals surface area contributed by atoms with Gasteiger partial charge in [0.25, 0.3) is 5.91 Å². The number of rotatable bonds is 7. The van der Waals surface area contributed by atoms with Gasteiger partial charge in [0.1, 0.15) is 22.8 Å². The maximum atomic E-state index is 13.7. The highest BCUT2D eigenvalue weighted by molar-refractivity contribution is 6.24. The Morgan fingerprint density at radius 3 is 2.53 bits per heavy atom. The Morgan fingerprint density at radius 2 is 1.92 bits per heavy atom. The van der Waals surface area contributed by atoms with Crippen molar-refractivity contribution in [1.82, 2.24) is 10.2 Å². The highest BCUT2D eigenvalue weighted by atomic mass is 16.3. The summed E-state index contributed by atoms with van der Waals surface area (Å²) in [5.74, 6) is -7.48. The van der Waals surface area contributed by atoms with Gasteiger partial charge in [-0.2, -0.15) is 0 Å².